The zero-order valence-corrected chi connectivity index (χ0v) is 11.3. The van der Waals surface area contributed by atoms with E-state index in [4.69, 9.17) is 15.2 Å². The molecule has 3 nitrogen and oxygen atoms in total. The standard InChI is InChI=1S/C15H23NO2/c1-3-18-13-7-4-6-12(10-13)14(16)11-15(17-2)8-5-9-15/h4,6-7,10,14H,3,5,8-9,11,16H2,1-2H3. The molecule has 1 unspecified atom stereocenters. The van der Waals surface area contributed by atoms with Crippen LogP contribution in [0.4, 0.5) is 0 Å². The van der Waals surface area contributed by atoms with Gasteiger partial charge in [0.05, 0.1) is 12.2 Å². The number of ether oxygens (including phenoxy) is 2. The molecule has 3 heteroatoms. The third kappa shape index (κ3) is 2.85. The van der Waals surface area contributed by atoms with Crippen molar-refractivity contribution in [3.8, 4) is 5.75 Å². The van der Waals surface area contributed by atoms with Gasteiger partial charge in [0.2, 0.25) is 0 Å². The van der Waals surface area contributed by atoms with Crippen molar-refractivity contribution in [2.45, 2.75) is 44.2 Å². The van der Waals surface area contributed by atoms with Crippen molar-refractivity contribution in [2.24, 2.45) is 5.73 Å². The van der Waals surface area contributed by atoms with Gasteiger partial charge in [-0.2, -0.15) is 0 Å². The second-order valence-corrected chi connectivity index (χ2v) is 5.06. The molecule has 0 heterocycles. The quantitative estimate of drug-likeness (QED) is 0.842. The number of hydrogen-bond acceptors (Lipinski definition) is 3. The van der Waals surface area contributed by atoms with E-state index in [1.165, 1.54) is 6.42 Å². The Morgan fingerprint density at radius 2 is 2.17 bits per heavy atom. The summed E-state index contributed by atoms with van der Waals surface area (Å²) < 4.78 is 11.1. The van der Waals surface area contributed by atoms with E-state index >= 15 is 0 Å². The van der Waals surface area contributed by atoms with E-state index in [1.54, 1.807) is 7.11 Å². The van der Waals surface area contributed by atoms with Crippen molar-refractivity contribution < 1.29 is 9.47 Å². The van der Waals surface area contributed by atoms with Crippen LogP contribution in [0.2, 0.25) is 0 Å². The maximum Gasteiger partial charge on any atom is 0.119 e. The smallest absolute Gasteiger partial charge is 0.119 e. The van der Waals surface area contributed by atoms with Crippen molar-refractivity contribution in [3.63, 3.8) is 0 Å². The summed E-state index contributed by atoms with van der Waals surface area (Å²) in [5.74, 6) is 0.894. The molecule has 1 aliphatic rings. The highest BCUT2D eigenvalue weighted by atomic mass is 16.5. The molecule has 1 atom stereocenters. The van der Waals surface area contributed by atoms with Crippen LogP contribution in [-0.4, -0.2) is 19.3 Å². The van der Waals surface area contributed by atoms with Crippen LogP contribution >= 0.6 is 0 Å². The Bertz CT molecular complexity index is 382. The molecule has 1 saturated carbocycles. The summed E-state index contributed by atoms with van der Waals surface area (Å²) in [5, 5.41) is 0. The Kier molecular flexibility index (Phi) is 4.25. The minimum Gasteiger partial charge on any atom is -0.494 e. The van der Waals surface area contributed by atoms with Gasteiger partial charge in [0, 0.05) is 13.2 Å². The molecule has 0 saturated heterocycles. The Balaban J connectivity index is 2.03. The van der Waals surface area contributed by atoms with Gasteiger partial charge in [0.15, 0.2) is 0 Å². The summed E-state index contributed by atoms with van der Waals surface area (Å²) in [6.07, 6.45) is 4.39. The van der Waals surface area contributed by atoms with Gasteiger partial charge >= 0.3 is 0 Å². The number of benzene rings is 1. The van der Waals surface area contributed by atoms with Crippen molar-refractivity contribution in [3.05, 3.63) is 29.8 Å². The van der Waals surface area contributed by atoms with E-state index in [9.17, 15) is 0 Å². The van der Waals surface area contributed by atoms with E-state index < -0.39 is 0 Å². The SMILES string of the molecule is CCOc1cccc(C(N)CC2(OC)CCC2)c1. The summed E-state index contributed by atoms with van der Waals surface area (Å²) in [6, 6.07) is 8.09. The number of rotatable bonds is 6. The molecule has 0 spiro atoms. The average molecular weight is 249 g/mol. The molecule has 1 fully saturated rings. The highest BCUT2D eigenvalue weighted by Gasteiger charge is 2.38. The Morgan fingerprint density at radius 3 is 2.72 bits per heavy atom. The molecule has 1 aromatic rings. The van der Waals surface area contributed by atoms with Gasteiger partial charge in [-0.15, -0.1) is 0 Å². The molecule has 0 aromatic heterocycles. The summed E-state index contributed by atoms with van der Waals surface area (Å²) in [4.78, 5) is 0. The van der Waals surface area contributed by atoms with E-state index in [1.807, 2.05) is 25.1 Å². The first-order valence-electron chi connectivity index (χ1n) is 6.72. The van der Waals surface area contributed by atoms with E-state index in [0.717, 1.165) is 30.6 Å². The Hall–Kier alpha value is -1.06. The largest absolute Gasteiger partial charge is 0.494 e. The highest BCUT2D eigenvalue weighted by molar-refractivity contribution is 5.30. The highest BCUT2D eigenvalue weighted by Crippen LogP contribution is 2.41. The lowest BCUT2D eigenvalue weighted by Crippen LogP contribution is -2.41. The maximum absolute atomic E-state index is 6.30. The van der Waals surface area contributed by atoms with Crippen LogP contribution in [0.15, 0.2) is 24.3 Å². The van der Waals surface area contributed by atoms with Gasteiger partial charge < -0.3 is 15.2 Å². The molecule has 1 aromatic carbocycles. The van der Waals surface area contributed by atoms with Crippen LogP contribution in [0.1, 0.15) is 44.2 Å². The molecule has 1 aliphatic carbocycles. The Labute approximate surface area is 109 Å². The third-order valence-corrected chi connectivity index (χ3v) is 3.89. The van der Waals surface area contributed by atoms with Crippen LogP contribution in [-0.2, 0) is 4.74 Å². The van der Waals surface area contributed by atoms with Gasteiger partial charge in [-0.1, -0.05) is 12.1 Å². The van der Waals surface area contributed by atoms with Gasteiger partial charge in [-0.3, -0.25) is 0 Å². The zero-order chi connectivity index (χ0) is 13.0. The van der Waals surface area contributed by atoms with E-state index in [0.29, 0.717) is 6.61 Å². The predicted octanol–water partition coefficient (Wildman–Crippen LogP) is 3.04. The first-order chi connectivity index (χ1) is 8.69. The molecular formula is C15H23NO2. The van der Waals surface area contributed by atoms with Crippen LogP contribution in [0.25, 0.3) is 0 Å². The monoisotopic (exact) mass is 249 g/mol. The molecule has 0 bridgehead atoms. The fourth-order valence-corrected chi connectivity index (χ4v) is 2.58. The molecule has 100 valence electrons. The summed E-state index contributed by atoms with van der Waals surface area (Å²) in [7, 11) is 1.79. The first kappa shape index (κ1) is 13.4. The summed E-state index contributed by atoms with van der Waals surface area (Å²) in [6.45, 7) is 2.67. The lowest BCUT2D eigenvalue weighted by Gasteiger charge is -2.42. The molecule has 0 amide bonds. The van der Waals surface area contributed by atoms with Crippen LogP contribution < -0.4 is 10.5 Å². The topological polar surface area (TPSA) is 44.5 Å². The van der Waals surface area contributed by atoms with Crippen LogP contribution in [0.3, 0.4) is 0 Å². The summed E-state index contributed by atoms with van der Waals surface area (Å²) >= 11 is 0. The van der Waals surface area contributed by atoms with Crippen molar-refractivity contribution in [1.29, 1.82) is 0 Å². The van der Waals surface area contributed by atoms with Gasteiger partial charge in [0.1, 0.15) is 5.75 Å². The Morgan fingerprint density at radius 1 is 1.39 bits per heavy atom. The number of methoxy groups -OCH3 is 1. The van der Waals surface area contributed by atoms with Crippen molar-refractivity contribution >= 4 is 0 Å². The minimum atomic E-state index is 0.0149. The maximum atomic E-state index is 6.30. The van der Waals surface area contributed by atoms with Gasteiger partial charge in [-0.25, -0.2) is 0 Å². The second kappa shape index (κ2) is 5.72. The molecule has 18 heavy (non-hydrogen) atoms. The van der Waals surface area contributed by atoms with E-state index in [-0.39, 0.29) is 11.6 Å². The molecule has 0 radical (unpaired) electrons. The normalized spacial score (nSPS) is 19.1. The number of nitrogens with two attached hydrogens (primary N) is 1. The fraction of sp³-hybridized carbons (Fsp3) is 0.600. The lowest BCUT2D eigenvalue weighted by molar-refractivity contribution is -0.0817. The van der Waals surface area contributed by atoms with Gasteiger partial charge in [-0.05, 0) is 50.3 Å². The van der Waals surface area contributed by atoms with Crippen molar-refractivity contribution in [2.75, 3.05) is 13.7 Å². The number of hydrogen-bond donors (Lipinski definition) is 1. The summed E-state index contributed by atoms with van der Waals surface area (Å²) in [5.41, 5.74) is 7.44. The van der Waals surface area contributed by atoms with Gasteiger partial charge in [0.25, 0.3) is 0 Å². The zero-order valence-electron chi connectivity index (χ0n) is 11.3. The van der Waals surface area contributed by atoms with Crippen LogP contribution in [0, 0.1) is 0 Å². The second-order valence-electron chi connectivity index (χ2n) is 5.06. The molecular weight excluding hydrogens is 226 g/mol. The predicted molar refractivity (Wildman–Crippen MR) is 72.7 cm³/mol. The third-order valence-electron chi connectivity index (χ3n) is 3.89. The van der Waals surface area contributed by atoms with Crippen molar-refractivity contribution in [1.82, 2.24) is 0 Å². The lowest BCUT2D eigenvalue weighted by atomic mass is 9.75. The van der Waals surface area contributed by atoms with Crippen LogP contribution in [0.5, 0.6) is 5.75 Å². The molecule has 2 N–H and O–H groups in total. The fourth-order valence-electron chi connectivity index (χ4n) is 2.58. The molecule has 2 rings (SSSR count). The van der Waals surface area contributed by atoms with E-state index in [2.05, 4.69) is 6.07 Å². The minimum absolute atomic E-state index is 0.0149. The average Bonchev–Trinajstić information content (AvgIpc) is 2.34. The first-order valence-corrected chi connectivity index (χ1v) is 6.72. The molecule has 0 aliphatic heterocycles.